The van der Waals surface area contributed by atoms with E-state index in [-0.39, 0.29) is 75.4 Å². The van der Waals surface area contributed by atoms with E-state index in [0.717, 1.165) is 0 Å². The van der Waals surface area contributed by atoms with Gasteiger partial charge in [-0.15, -0.1) is 6.10 Å². The largest absolute Gasteiger partial charge is 1.00 e. The second-order valence-electron chi connectivity index (χ2n) is 3.69. The van der Waals surface area contributed by atoms with Crippen LogP contribution in [-0.4, -0.2) is 24.3 Å². The van der Waals surface area contributed by atoms with Crippen LogP contribution in [0.15, 0.2) is 0 Å². The number of carbonyl (C=O) groups is 1. The molecule has 72 valence electrons. The number of alkyl carbamates (subject to hydrolysis) is 1. The first-order chi connectivity index (χ1) is 5.31. The SMILES string of the molecule is C[C@@H]([O-])CNC(=O)OC(C)(C)C.[Cs+]. The van der Waals surface area contributed by atoms with Gasteiger partial charge in [0, 0.05) is 6.54 Å². The van der Waals surface area contributed by atoms with Crippen molar-refractivity contribution < 1.29 is 83.5 Å². The minimum atomic E-state index is -0.794. The molecule has 0 bridgehead atoms. The molecule has 1 atom stereocenters. The number of hydrogen-bond donors (Lipinski definition) is 1. The first-order valence-corrected chi connectivity index (χ1v) is 3.94. The molecule has 0 saturated carbocycles. The summed E-state index contributed by atoms with van der Waals surface area (Å²) in [6.45, 7) is 6.90. The maximum Gasteiger partial charge on any atom is 1.00 e. The van der Waals surface area contributed by atoms with Crippen LogP contribution in [0.1, 0.15) is 27.7 Å². The van der Waals surface area contributed by atoms with Crippen LogP contribution in [0, 0.1) is 0 Å². The first kappa shape index (κ1) is 16.7. The fourth-order valence-electron chi connectivity index (χ4n) is 0.541. The van der Waals surface area contributed by atoms with Crippen LogP contribution in [0.25, 0.3) is 0 Å². The van der Waals surface area contributed by atoms with E-state index in [1.165, 1.54) is 6.92 Å². The molecule has 0 unspecified atom stereocenters. The fourth-order valence-corrected chi connectivity index (χ4v) is 0.541. The molecule has 1 amide bonds. The Balaban J connectivity index is 0. The van der Waals surface area contributed by atoms with Crippen LogP contribution >= 0.6 is 0 Å². The van der Waals surface area contributed by atoms with Gasteiger partial charge in [-0.1, -0.05) is 6.92 Å². The Kier molecular flexibility index (Phi) is 9.71. The molecule has 0 fully saturated rings. The molecule has 5 heteroatoms. The molecule has 0 aromatic rings. The Morgan fingerprint density at radius 2 is 2.00 bits per heavy atom. The van der Waals surface area contributed by atoms with Gasteiger partial charge in [0.1, 0.15) is 5.60 Å². The van der Waals surface area contributed by atoms with Gasteiger partial charge in [0.15, 0.2) is 0 Å². The number of hydrogen-bond acceptors (Lipinski definition) is 3. The zero-order chi connectivity index (χ0) is 9.78. The van der Waals surface area contributed by atoms with Gasteiger partial charge in [-0.25, -0.2) is 4.79 Å². The summed E-state index contributed by atoms with van der Waals surface area (Å²) in [6.07, 6.45) is -1.33. The quantitative estimate of drug-likeness (QED) is 0.602. The van der Waals surface area contributed by atoms with Crippen LogP contribution in [0.5, 0.6) is 0 Å². The third kappa shape index (κ3) is 13.3. The monoisotopic (exact) mass is 307 g/mol. The van der Waals surface area contributed by atoms with Gasteiger partial charge in [-0.05, 0) is 20.8 Å². The topological polar surface area (TPSA) is 61.4 Å². The summed E-state index contributed by atoms with van der Waals surface area (Å²) in [5, 5.41) is 12.9. The molecule has 0 aromatic carbocycles. The van der Waals surface area contributed by atoms with Crippen molar-refractivity contribution >= 4 is 6.09 Å². The zero-order valence-electron chi connectivity index (χ0n) is 9.01. The average Bonchev–Trinajstić information content (AvgIpc) is 1.79. The number of rotatable bonds is 2. The molecular weight excluding hydrogens is 291 g/mol. The standard InChI is InChI=1S/C8H16NO3.Cs/c1-6(10)5-9-7(11)12-8(2,3)4;/h6H,5H2,1-4H3,(H,9,11);/q-1;+1/t6-;/m1./s1. The molecule has 0 rings (SSSR count). The van der Waals surface area contributed by atoms with Gasteiger partial charge < -0.3 is 15.2 Å². The van der Waals surface area contributed by atoms with E-state index in [0.29, 0.717) is 0 Å². The summed E-state index contributed by atoms with van der Waals surface area (Å²) < 4.78 is 4.90. The summed E-state index contributed by atoms with van der Waals surface area (Å²) in [7, 11) is 0. The van der Waals surface area contributed by atoms with E-state index in [2.05, 4.69) is 5.32 Å². The Bertz CT molecular complexity index is 154. The van der Waals surface area contributed by atoms with Gasteiger partial charge in [0.2, 0.25) is 0 Å². The molecule has 0 saturated heterocycles. The summed E-state index contributed by atoms with van der Waals surface area (Å²) in [4.78, 5) is 10.9. The number of amides is 1. The minimum absolute atomic E-state index is 0. The second kappa shape index (κ2) is 7.56. The van der Waals surface area contributed by atoms with Crippen LogP contribution in [0.4, 0.5) is 4.79 Å². The van der Waals surface area contributed by atoms with Crippen molar-refractivity contribution in [2.75, 3.05) is 6.54 Å². The molecule has 0 aromatic heterocycles. The van der Waals surface area contributed by atoms with Gasteiger partial charge in [0.25, 0.3) is 0 Å². The van der Waals surface area contributed by atoms with Crippen molar-refractivity contribution in [1.29, 1.82) is 0 Å². The Labute approximate surface area is 138 Å². The smallest absolute Gasteiger partial charge is 0.851 e. The van der Waals surface area contributed by atoms with Crippen molar-refractivity contribution in [2.24, 2.45) is 0 Å². The van der Waals surface area contributed by atoms with Crippen molar-refractivity contribution in [2.45, 2.75) is 39.4 Å². The Hall–Kier alpha value is 1.28. The molecule has 1 N–H and O–H groups in total. The van der Waals surface area contributed by atoms with E-state index < -0.39 is 17.8 Å². The predicted octanol–water partition coefficient (Wildman–Crippen LogP) is -2.74. The molecule has 0 aliphatic carbocycles. The maximum atomic E-state index is 10.9. The van der Waals surface area contributed by atoms with E-state index in [4.69, 9.17) is 4.74 Å². The predicted molar refractivity (Wildman–Crippen MR) is 43.7 cm³/mol. The van der Waals surface area contributed by atoms with Crippen molar-refractivity contribution in [3.63, 3.8) is 0 Å². The summed E-state index contributed by atoms with van der Waals surface area (Å²) in [6, 6.07) is 0. The van der Waals surface area contributed by atoms with E-state index in [1.54, 1.807) is 20.8 Å². The average molecular weight is 307 g/mol. The minimum Gasteiger partial charge on any atom is -0.851 e. The van der Waals surface area contributed by atoms with E-state index >= 15 is 0 Å². The number of nitrogens with one attached hydrogen (secondary N) is 1. The maximum absolute atomic E-state index is 10.9. The molecule has 0 aliphatic rings. The zero-order valence-corrected chi connectivity index (χ0v) is 15.3. The summed E-state index contributed by atoms with van der Waals surface area (Å²) in [5.41, 5.74) is -0.504. The van der Waals surface area contributed by atoms with Crippen LogP contribution in [-0.2, 0) is 4.74 Å². The third-order valence-electron chi connectivity index (χ3n) is 0.933. The molecule has 0 radical (unpaired) electrons. The van der Waals surface area contributed by atoms with E-state index in [1.807, 2.05) is 0 Å². The molecular formula is C8H16CsNO3. The van der Waals surface area contributed by atoms with E-state index in [9.17, 15) is 9.90 Å². The normalized spacial score (nSPS) is 12.7. The molecule has 0 spiro atoms. The van der Waals surface area contributed by atoms with Crippen molar-refractivity contribution in [1.82, 2.24) is 5.32 Å². The van der Waals surface area contributed by atoms with Gasteiger partial charge in [-0.2, -0.15) is 0 Å². The van der Waals surface area contributed by atoms with Gasteiger partial charge in [0.05, 0.1) is 0 Å². The molecule has 0 heterocycles. The number of carbonyl (C=O) groups excluding carboxylic acids is 1. The Morgan fingerprint density at radius 3 is 2.31 bits per heavy atom. The van der Waals surface area contributed by atoms with Crippen molar-refractivity contribution in [3.05, 3.63) is 0 Å². The first-order valence-electron chi connectivity index (χ1n) is 3.94. The Morgan fingerprint density at radius 1 is 1.54 bits per heavy atom. The third-order valence-corrected chi connectivity index (χ3v) is 0.933. The number of ether oxygens (including phenoxy) is 1. The van der Waals surface area contributed by atoms with Gasteiger partial charge >= 0.3 is 75.0 Å². The van der Waals surface area contributed by atoms with Crippen molar-refractivity contribution in [3.8, 4) is 0 Å². The van der Waals surface area contributed by atoms with Crippen LogP contribution in [0.2, 0.25) is 0 Å². The van der Waals surface area contributed by atoms with Gasteiger partial charge in [-0.3, -0.25) is 0 Å². The van der Waals surface area contributed by atoms with Crippen LogP contribution < -0.4 is 79.3 Å². The molecule has 0 aliphatic heterocycles. The summed E-state index contributed by atoms with van der Waals surface area (Å²) in [5.74, 6) is 0. The fraction of sp³-hybridized carbons (Fsp3) is 0.875. The second-order valence-corrected chi connectivity index (χ2v) is 3.69. The van der Waals surface area contributed by atoms with Crippen LogP contribution in [0.3, 0.4) is 0 Å². The molecule has 4 nitrogen and oxygen atoms in total. The summed E-state index contributed by atoms with van der Waals surface area (Å²) >= 11 is 0. The molecule has 13 heavy (non-hydrogen) atoms.